The molecule has 1 aliphatic rings. The first-order valence-electron chi connectivity index (χ1n) is 12.7. The Kier molecular flexibility index (Phi) is 7.83. The van der Waals surface area contributed by atoms with E-state index in [-0.39, 0.29) is 11.6 Å². The molecule has 7 nitrogen and oxygen atoms in total. The van der Waals surface area contributed by atoms with Gasteiger partial charge in [0.15, 0.2) is 5.96 Å². The Morgan fingerprint density at radius 2 is 1.63 bits per heavy atom. The van der Waals surface area contributed by atoms with Gasteiger partial charge in [0.05, 0.1) is 11.6 Å². The summed E-state index contributed by atoms with van der Waals surface area (Å²) in [5.41, 5.74) is 17.6. The van der Waals surface area contributed by atoms with Gasteiger partial charge in [0, 0.05) is 29.8 Å². The number of rotatable bonds is 8. The number of thiocarbonyl (C=S) groups is 1. The van der Waals surface area contributed by atoms with Crippen molar-refractivity contribution in [2.24, 2.45) is 11.5 Å². The minimum Gasteiger partial charge on any atom is -0.507 e. The molecule has 1 unspecified atom stereocenters. The molecule has 200 valence electrons. The summed E-state index contributed by atoms with van der Waals surface area (Å²) in [7, 11) is 0. The van der Waals surface area contributed by atoms with Crippen molar-refractivity contribution >= 4 is 34.5 Å². The Morgan fingerprint density at radius 1 is 1.03 bits per heavy atom. The number of phenols is 1. The molecule has 1 atom stereocenters. The number of anilines is 2. The lowest BCUT2D eigenvalue weighted by atomic mass is 9.86. The number of ether oxygens (including phenoxy) is 2. The van der Waals surface area contributed by atoms with Crippen LogP contribution in [0, 0.1) is 26.2 Å². The van der Waals surface area contributed by atoms with E-state index >= 15 is 0 Å². The van der Waals surface area contributed by atoms with Crippen molar-refractivity contribution in [2.75, 3.05) is 11.5 Å². The van der Waals surface area contributed by atoms with Crippen LogP contribution in [0.4, 0.5) is 11.4 Å². The highest BCUT2D eigenvalue weighted by Crippen LogP contribution is 2.44. The summed E-state index contributed by atoms with van der Waals surface area (Å²) in [6.07, 6.45) is 2.97. The number of phenolic OH excluding ortho intramolecular Hbond substituents is 1. The minimum absolute atomic E-state index is 0.0856. The number of hydrogen-bond acceptors (Lipinski definition) is 5. The molecule has 0 radical (unpaired) electrons. The summed E-state index contributed by atoms with van der Waals surface area (Å²) >= 11 is 4.99. The first-order valence-corrected chi connectivity index (χ1v) is 13.1. The first kappa shape index (κ1) is 27.3. The SMILES string of the molecule is Cc1c(C)c2c(c(C)c1O)CCC(C)(CCOc1ccc(N(C(=N)N)c3ccc(CC(N)=S)cc3)cc1)O2. The molecule has 38 heavy (non-hydrogen) atoms. The van der Waals surface area contributed by atoms with E-state index in [1.807, 2.05) is 69.3 Å². The molecular weight excluding hydrogens is 496 g/mol. The maximum atomic E-state index is 10.4. The second-order valence-electron chi connectivity index (χ2n) is 10.2. The second kappa shape index (κ2) is 10.9. The van der Waals surface area contributed by atoms with E-state index in [1.54, 1.807) is 4.90 Å². The molecule has 0 aromatic heterocycles. The van der Waals surface area contributed by atoms with Gasteiger partial charge < -0.3 is 26.0 Å². The molecule has 0 fully saturated rings. The second-order valence-corrected chi connectivity index (χ2v) is 10.7. The van der Waals surface area contributed by atoms with Crippen LogP contribution in [0.5, 0.6) is 17.2 Å². The van der Waals surface area contributed by atoms with E-state index in [4.69, 9.17) is 38.6 Å². The number of fused-ring (bicyclic) bond motifs is 1. The maximum Gasteiger partial charge on any atom is 0.197 e. The molecule has 0 saturated heterocycles. The van der Waals surface area contributed by atoms with Crippen LogP contribution < -0.4 is 25.8 Å². The van der Waals surface area contributed by atoms with Crippen LogP contribution in [0.25, 0.3) is 0 Å². The number of nitrogens with one attached hydrogen (secondary N) is 1. The van der Waals surface area contributed by atoms with E-state index in [9.17, 15) is 5.11 Å². The Morgan fingerprint density at radius 3 is 2.21 bits per heavy atom. The quantitative estimate of drug-likeness (QED) is 0.166. The average Bonchev–Trinajstić information content (AvgIpc) is 2.87. The van der Waals surface area contributed by atoms with Crippen LogP contribution in [-0.4, -0.2) is 28.3 Å². The lowest BCUT2D eigenvalue weighted by molar-refractivity contribution is 0.0412. The van der Waals surface area contributed by atoms with Crippen molar-refractivity contribution in [3.05, 3.63) is 76.3 Å². The van der Waals surface area contributed by atoms with Crippen molar-refractivity contribution in [3.8, 4) is 17.2 Å². The molecule has 4 rings (SSSR count). The normalized spacial score (nSPS) is 16.3. The highest BCUT2D eigenvalue weighted by atomic mass is 32.1. The van der Waals surface area contributed by atoms with E-state index in [0.717, 1.165) is 70.0 Å². The summed E-state index contributed by atoms with van der Waals surface area (Å²) in [4.78, 5) is 2.10. The molecule has 3 aromatic rings. The smallest absolute Gasteiger partial charge is 0.197 e. The molecule has 1 heterocycles. The molecule has 0 saturated carbocycles. The standard InChI is InChI=1S/C30H36N4O3S/c1-18-19(2)28-25(20(3)27(18)35)13-14-30(4,37-28)15-16-36-24-11-9-23(10-12-24)34(29(32)33)22-7-5-21(6-8-22)17-26(31)38/h5-12,35H,13-17H2,1-4H3,(H2,31,38)(H3,32,33). The summed E-state index contributed by atoms with van der Waals surface area (Å²) in [6.45, 7) is 8.52. The van der Waals surface area contributed by atoms with Crippen molar-refractivity contribution in [2.45, 2.75) is 59.0 Å². The monoisotopic (exact) mass is 532 g/mol. The van der Waals surface area contributed by atoms with E-state index in [0.29, 0.717) is 23.8 Å². The summed E-state index contributed by atoms with van der Waals surface area (Å²) in [5.74, 6) is 1.92. The van der Waals surface area contributed by atoms with Crippen LogP contribution in [0.1, 0.15) is 47.6 Å². The van der Waals surface area contributed by atoms with Gasteiger partial charge in [-0.25, -0.2) is 0 Å². The molecule has 3 aromatic carbocycles. The lowest BCUT2D eigenvalue weighted by Gasteiger charge is -2.38. The van der Waals surface area contributed by atoms with Gasteiger partial charge in [-0.1, -0.05) is 24.4 Å². The van der Waals surface area contributed by atoms with Gasteiger partial charge in [0.2, 0.25) is 0 Å². The van der Waals surface area contributed by atoms with Crippen LogP contribution in [0.15, 0.2) is 48.5 Å². The van der Waals surface area contributed by atoms with E-state index < -0.39 is 0 Å². The fourth-order valence-electron chi connectivity index (χ4n) is 4.94. The zero-order valence-electron chi connectivity index (χ0n) is 22.4. The zero-order chi connectivity index (χ0) is 27.6. The van der Waals surface area contributed by atoms with Gasteiger partial charge in [0.25, 0.3) is 0 Å². The van der Waals surface area contributed by atoms with Crippen LogP contribution in [0.2, 0.25) is 0 Å². The molecule has 6 N–H and O–H groups in total. The third-order valence-electron chi connectivity index (χ3n) is 7.40. The number of nitrogens with two attached hydrogens (primary N) is 2. The third kappa shape index (κ3) is 5.70. The molecule has 0 bridgehead atoms. The highest BCUT2D eigenvalue weighted by molar-refractivity contribution is 7.80. The molecule has 0 amide bonds. The van der Waals surface area contributed by atoms with E-state index in [2.05, 4.69) is 6.92 Å². The molecule has 8 heteroatoms. The van der Waals surface area contributed by atoms with Crippen LogP contribution in [0.3, 0.4) is 0 Å². The van der Waals surface area contributed by atoms with E-state index in [1.165, 1.54) is 0 Å². The Balaban J connectivity index is 1.40. The average molecular weight is 533 g/mol. The van der Waals surface area contributed by atoms with Gasteiger partial charge in [0.1, 0.15) is 22.8 Å². The van der Waals surface area contributed by atoms with Gasteiger partial charge in [-0.3, -0.25) is 10.3 Å². The Bertz CT molecular complexity index is 1360. The maximum absolute atomic E-state index is 10.4. The largest absolute Gasteiger partial charge is 0.507 e. The van der Waals surface area contributed by atoms with Crippen LogP contribution >= 0.6 is 12.2 Å². The number of guanidine groups is 1. The summed E-state index contributed by atoms with van der Waals surface area (Å²) < 4.78 is 12.6. The first-order chi connectivity index (χ1) is 18.0. The predicted molar refractivity (Wildman–Crippen MR) is 157 cm³/mol. The lowest BCUT2D eigenvalue weighted by Crippen LogP contribution is -2.38. The summed E-state index contributed by atoms with van der Waals surface area (Å²) in [5, 5.41) is 18.5. The third-order valence-corrected chi connectivity index (χ3v) is 7.55. The minimum atomic E-state index is -0.348. The van der Waals surface area contributed by atoms with Gasteiger partial charge in [-0.15, -0.1) is 0 Å². The topological polar surface area (TPSA) is 118 Å². The number of benzene rings is 3. The predicted octanol–water partition coefficient (Wildman–Crippen LogP) is 5.73. The fraction of sp³-hybridized carbons (Fsp3) is 0.333. The van der Waals surface area contributed by atoms with Crippen molar-refractivity contribution < 1.29 is 14.6 Å². The summed E-state index contributed by atoms with van der Waals surface area (Å²) in [6, 6.07) is 15.2. The molecule has 0 spiro atoms. The van der Waals surface area contributed by atoms with Crippen molar-refractivity contribution in [1.29, 1.82) is 5.41 Å². The number of aromatic hydroxyl groups is 1. The fourth-order valence-corrected chi connectivity index (χ4v) is 5.10. The van der Waals surface area contributed by atoms with Crippen molar-refractivity contribution in [3.63, 3.8) is 0 Å². The molecule has 1 aliphatic heterocycles. The molecule has 0 aliphatic carbocycles. The molecular formula is C30H36N4O3S. The number of hydrogen-bond donors (Lipinski definition) is 4. The number of nitrogens with zero attached hydrogens (tertiary/aromatic N) is 1. The van der Waals surface area contributed by atoms with Crippen LogP contribution in [-0.2, 0) is 12.8 Å². The Labute approximate surface area is 229 Å². The van der Waals surface area contributed by atoms with Crippen molar-refractivity contribution in [1.82, 2.24) is 0 Å². The van der Waals surface area contributed by atoms with Gasteiger partial charge >= 0.3 is 0 Å². The Hall–Kier alpha value is -3.78. The van der Waals surface area contributed by atoms with Gasteiger partial charge in [-0.05, 0) is 99.2 Å². The zero-order valence-corrected chi connectivity index (χ0v) is 23.2. The van der Waals surface area contributed by atoms with Gasteiger partial charge in [-0.2, -0.15) is 0 Å². The highest BCUT2D eigenvalue weighted by Gasteiger charge is 2.34.